The van der Waals surface area contributed by atoms with Gasteiger partial charge in [0.25, 0.3) is 0 Å². The van der Waals surface area contributed by atoms with Crippen LogP contribution in [0.4, 0.5) is 17.6 Å². The van der Waals surface area contributed by atoms with Crippen LogP contribution in [0.3, 0.4) is 0 Å². The largest absolute Gasteiger partial charge is 0.393 e. The number of hydrogen-bond acceptors (Lipinski definition) is 16. The van der Waals surface area contributed by atoms with E-state index >= 15 is 0 Å². The van der Waals surface area contributed by atoms with E-state index in [0.29, 0.717) is 59.6 Å². The maximum absolute atomic E-state index is 13.3. The summed E-state index contributed by atoms with van der Waals surface area (Å²) in [5.41, 5.74) is 17.4. The van der Waals surface area contributed by atoms with Crippen LogP contribution in [0.5, 0.6) is 0 Å². The number of aliphatic hydroxyl groups is 8. The van der Waals surface area contributed by atoms with Gasteiger partial charge in [-0.1, -0.05) is 97.1 Å². The normalized spacial score (nSPS) is 12.8. The van der Waals surface area contributed by atoms with Gasteiger partial charge in [0.05, 0.1) is 94.0 Å². The van der Waals surface area contributed by atoms with Crippen molar-refractivity contribution in [3.05, 3.63) is 302 Å². The molecule has 0 spiro atoms. The predicted molar refractivity (Wildman–Crippen MR) is 438 cm³/mol. The van der Waals surface area contributed by atoms with Gasteiger partial charge in [0, 0.05) is 147 Å². The summed E-state index contributed by atoms with van der Waals surface area (Å²) in [5, 5.41) is 68.5. The Morgan fingerprint density at radius 3 is 1.02 bits per heavy atom. The van der Waals surface area contributed by atoms with Crippen molar-refractivity contribution in [1.82, 2.24) is 39.9 Å². The molecule has 24 heteroatoms. The summed E-state index contributed by atoms with van der Waals surface area (Å²) < 4.78 is 52.9. The summed E-state index contributed by atoms with van der Waals surface area (Å²) in [6, 6.07) is 76.5. The maximum atomic E-state index is 13.3. The first-order valence-electron chi connectivity index (χ1n) is 37.4. The number of para-hydroxylation sites is 2. The minimum absolute atomic E-state index is 0. The molecule has 117 heavy (non-hydrogen) atoms. The summed E-state index contributed by atoms with van der Waals surface area (Å²) in [7, 11) is 0. The number of benzene rings is 9. The number of halogens is 4. The van der Waals surface area contributed by atoms with E-state index in [1.165, 1.54) is 48.5 Å². The second-order valence-corrected chi connectivity index (χ2v) is 27.2. The number of aliphatic hydroxyl groups excluding tert-OH is 8. The Balaban J connectivity index is 0.000000364. The SMILES string of the molecule is CC(O)CC(C)O.CC(O)CC(C)O.CC(O)CC(C)O.CC(O)CC(C)O.Cc1nccnc1-c1[c-]cccc1.Fc1c[c-]c(-c2nc3c(nc2-c2ccc(F)cc2)CCCC3)cc1.Fc1c[c-]c(-c2nc3ccccc3nc2-c2ccc(F)cc2)cc1.[Ir].[Ir].[Pt].[Pt].[c-]1ccccc1-c1ncc(-c2ccccc2)nc1-c1ccccc1. The molecule has 0 fully saturated rings. The molecule has 0 saturated heterocycles. The molecule has 8 atom stereocenters. The molecule has 2 radical (unpaired) electrons. The molecule has 13 aromatic rings. The molecule has 4 aromatic heterocycles. The molecule has 0 saturated carbocycles. The fourth-order valence-corrected chi connectivity index (χ4v) is 11.4. The van der Waals surface area contributed by atoms with Crippen molar-refractivity contribution in [2.75, 3.05) is 0 Å². The van der Waals surface area contributed by atoms with Crippen LogP contribution in [-0.4, -0.2) is 130 Å². The van der Waals surface area contributed by atoms with Crippen molar-refractivity contribution >= 4 is 11.0 Å². The van der Waals surface area contributed by atoms with Crippen LogP contribution >= 0.6 is 0 Å². The third kappa shape index (κ3) is 36.4. The number of nitrogens with zero attached hydrogens (tertiary/aromatic N) is 8. The molecule has 1 aliphatic carbocycles. The molecule has 8 N–H and O–H groups in total. The maximum Gasteiger partial charge on any atom is 0.123 e. The van der Waals surface area contributed by atoms with Gasteiger partial charge in [-0.2, -0.15) is 0 Å². The monoisotopic (exact) mass is 2310 g/mol. The van der Waals surface area contributed by atoms with Crippen LogP contribution in [0.1, 0.15) is 111 Å². The number of hydrogen-bond donors (Lipinski definition) is 8. The molecule has 4 heterocycles. The zero-order valence-electron chi connectivity index (χ0n) is 66.3. The van der Waals surface area contributed by atoms with Crippen LogP contribution in [0.25, 0.3) is 101 Å². The molecule has 14 rings (SSSR count). The minimum atomic E-state index is -0.375. The molecule has 8 unspecified atom stereocenters. The van der Waals surface area contributed by atoms with Crippen molar-refractivity contribution < 1.29 is 141 Å². The van der Waals surface area contributed by atoms with Gasteiger partial charge in [0.2, 0.25) is 0 Å². The van der Waals surface area contributed by atoms with E-state index in [0.717, 1.165) is 110 Å². The van der Waals surface area contributed by atoms with Gasteiger partial charge in [-0.15, -0.1) is 131 Å². The van der Waals surface area contributed by atoms with E-state index in [2.05, 4.69) is 56.3 Å². The molecule has 0 bridgehead atoms. The second kappa shape index (κ2) is 54.7. The van der Waals surface area contributed by atoms with Crippen LogP contribution in [0.2, 0.25) is 0 Å². The second-order valence-electron chi connectivity index (χ2n) is 27.2. The first kappa shape index (κ1) is 103. The fourth-order valence-electron chi connectivity index (χ4n) is 11.4. The smallest absolute Gasteiger partial charge is 0.123 e. The van der Waals surface area contributed by atoms with Crippen molar-refractivity contribution in [3.8, 4) is 90.1 Å². The standard InChI is InChI=1S/C22H15N2.C20H15F2N2.C20H11F2N2.C11H9N2.4C5H12O2.2Ir.2Pt/c1-4-10-17(11-5-1)20-16-23-21(18-12-6-2-7-13-18)22(24-20)19-14-8-3-9-15-19;2*21-15-9-5-13(6-10-15)19-20(14-7-11-16(22)12-8-14)24-18-4-2-1-3-17(18)23-19;1-9-11(13-8-7-12-9)10-5-3-2-4-6-10;4*1-4(6)3-5(2)7;;;;/h1-12,14-16H;5-7,9-12H,1-4H2;1-7,9-12H;2-5,7-8H,1H3;4*4-7H,3H2,1-2H3;;;;/q4*-1;;;;;;;;. The Bertz CT molecular complexity index is 4670. The zero-order chi connectivity index (χ0) is 81.8. The molecule has 16 nitrogen and oxygen atoms in total. The summed E-state index contributed by atoms with van der Waals surface area (Å²) in [6.07, 6.45) is 8.13. The molecule has 1 aliphatic rings. The van der Waals surface area contributed by atoms with Crippen molar-refractivity contribution in [2.24, 2.45) is 0 Å². The van der Waals surface area contributed by atoms with E-state index < -0.39 is 0 Å². The third-order valence-corrected chi connectivity index (χ3v) is 16.4. The Morgan fingerprint density at radius 2 is 0.641 bits per heavy atom. The fraction of sp³-hybridized carbons (Fsp3) is 0.269. The Labute approximate surface area is 739 Å². The molecule has 628 valence electrons. The summed E-state index contributed by atoms with van der Waals surface area (Å²) in [5.74, 6) is -1.31. The molecule has 0 amide bonds. The third-order valence-electron chi connectivity index (χ3n) is 16.4. The van der Waals surface area contributed by atoms with E-state index in [9.17, 15) is 17.6 Å². The molecular formula is C93H98F4Ir2N8O8Pt2-4. The van der Waals surface area contributed by atoms with Gasteiger partial charge in [0.1, 0.15) is 11.6 Å². The van der Waals surface area contributed by atoms with Gasteiger partial charge in [-0.05, 0) is 167 Å². The van der Waals surface area contributed by atoms with E-state index in [-0.39, 0.29) is 154 Å². The summed E-state index contributed by atoms with van der Waals surface area (Å²) >= 11 is 0. The number of fused-ring (bicyclic) bond motifs is 2. The van der Waals surface area contributed by atoms with Gasteiger partial charge >= 0.3 is 0 Å². The van der Waals surface area contributed by atoms with Gasteiger partial charge in [-0.25, -0.2) is 8.78 Å². The quantitative estimate of drug-likeness (QED) is 0.0330. The molecular weight excluding hydrogens is 2210 g/mol. The predicted octanol–water partition coefficient (Wildman–Crippen LogP) is 17.9. The molecule has 0 aliphatic heterocycles. The zero-order valence-corrected chi connectivity index (χ0v) is 75.6. The first-order chi connectivity index (χ1) is 54.2. The first-order valence-corrected chi connectivity index (χ1v) is 37.4. The van der Waals surface area contributed by atoms with E-state index in [1.54, 1.807) is 104 Å². The van der Waals surface area contributed by atoms with Crippen molar-refractivity contribution in [1.29, 1.82) is 0 Å². The van der Waals surface area contributed by atoms with E-state index in [4.69, 9.17) is 60.8 Å². The van der Waals surface area contributed by atoms with Crippen LogP contribution in [-0.2, 0) is 95.2 Å². The Morgan fingerprint density at radius 1 is 0.316 bits per heavy atom. The molecule has 9 aromatic carbocycles. The average Bonchev–Trinajstić information content (AvgIpc) is 0.794. The van der Waals surface area contributed by atoms with Gasteiger partial charge in [0.15, 0.2) is 0 Å². The van der Waals surface area contributed by atoms with Gasteiger partial charge < -0.3 is 50.8 Å². The average molecular weight is 2310 g/mol. The number of aromatic nitrogens is 8. The van der Waals surface area contributed by atoms with Crippen molar-refractivity contribution in [3.63, 3.8) is 0 Å². The minimum Gasteiger partial charge on any atom is -0.393 e. The Hall–Kier alpha value is -8.36. The summed E-state index contributed by atoms with van der Waals surface area (Å²) in [6.45, 7) is 15.2. The Kier molecular flexibility index (Phi) is 48.0. The van der Waals surface area contributed by atoms with Gasteiger partial charge in [-0.3, -0.25) is 38.7 Å². The van der Waals surface area contributed by atoms with Crippen LogP contribution < -0.4 is 0 Å². The number of rotatable bonds is 16. The summed E-state index contributed by atoms with van der Waals surface area (Å²) in [4.78, 5) is 37.0. The topological polar surface area (TPSA) is 265 Å². The van der Waals surface area contributed by atoms with Crippen LogP contribution in [0.15, 0.2) is 237 Å². The van der Waals surface area contributed by atoms with Crippen molar-refractivity contribution in [2.45, 2.75) is 163 Å². The van der Waals surface area contributed by atoms with E-state index in [1.807, 2.05) is 134 Å². The van der Waals surface area contributed by atoms with Crippen LogP contribution in [0, 0.1) is 54.5 Å². The number of aryl methyl sites for hydroxylation is 3.